The minimum Gasteiger partial charge on any atom is -0.493 e. The third-order valence-electron chi connectivity index (χ3n) is 4.63. The molecule has 0 radical (unpaired) electrons. The van der Waals surface area contributed by atoms with Crippen molar-refractivity contribution in [1.29, 1.82) is 5.26 Å². The van der Waals surface area contributed by atoms with Crippen molar-refractivity contribution in [3.8, 4) is 17.6 Å². The number of hydrogen-bond acceptors (Lipinski definition) is 8. The van der Waals surface area contributed by atoms with Crippen LogP contribution in [0.5, 0.6) is 11.5 Å². The third kappa shape index (κ3) is 5.34. The van der Waals surface area contributed by atoms with Crippen molar-refractivity contribution in [3.63, 3.8) is 0 Å². The second-order valence-corrected chi connectivity index (χ2v) is 6.59. The summed E-state index contributed by atoms with van der Waals surface area (Å²) in [7, 11) is 1.32. The quantitative estimate of drug-likeness (QED) is 0.395. The number of nitrogens with one attached hydrogen (secondary N) is 1. The zero-order valence-electron chi connectivity index (χ0n) is 16.4. The second-order valence-electron chi connectivity index (χ2n) is 6.59. The average molecular weight is 405 g/mol. The maximum absolute atomic E-state index is 12.4. The van der Waals surface area contributed by atoms with Crippen molar-refractivity contribution in [3.05, 3.63) is 27.8 Å². The monoisotopic (exact) mass is 405 g/mol. The summed E-state index contributed by atoms with van der Waals surface area (Å²) in [6.45, 7) is 1.30. The highest BCUT2D eigenvalue weighted by Gasteiger charge is 2.34. The molecule has 1 aliphatic carbocycles. The Balaban J connectivity index is 2.13. The summed E-state index contributed by atoms with van der Waals surface area (Å²) in [5, 5.41) is 23.4. The third-order valence-corrected chi connectivity index (χ3v) is 4.63. The first kappa shape index (κ1) is 21.9. The van der Waals surface area contributed by atoms with Gasteiger partial charge in [-0.15, -0.1) is 0 Å². The fourth-order valence-corrected chi connectivity index (χ4v) is 3.22. The van der Waals surface area contributed by atoms with Gasteiger partial charge in [0, 0.05) is 6.07 Å². The van der Waals surface area contributed by atoms with E-state index in [0.717, 1.165) is 31.4 Å². The number of methoxy groups -OCH3 is 1. The number of nitrogens with zero attached hydrogens (tertiary/aromatic N) is 2. The van der Waals surface area contributed by atoms with Gasteiger partial charge in [0.1, 0.15) is 11.1 Å². The van der Waals surface area contributed by atoms with Crippen molar-refractivity contribution < 1.29 is 28.7 Å². The Labute approximate surface area is 167 Å². The zero-order chi connectivity index (χ0) is 21.4. The molecule has 0 spiro atoms. The molecule has 2 rings (SSSR count). The van der Waals surface area contributed by atoms with Gasteiger partial charge in [0.2, 0.25) is 0 Å². The molecule has 1 fully saturated rings. The summed E-state index contributed by atoms with van der Waals surface area (Å²) in [6.07, 6.45) is 3.71. The normalized spacial score (nSPS) is 14.9. The minimum absolute atomic E-state index is 0.0982. The van der Waals surface area contributed by atoms with Gasteiger partial charge in [-0.3, -0.25) is 14.9 Å². The van der Waals surface area contributed by atoms with Crippen molar-refractivity contribution in [1.82, 2.24) is 5.32 Å². The van der Waals surface area contributed by atoms with Crippen LogP contribution in [0.3, 0.4) is 0 Å². The van der Waals surface area contributed by atoms with Crippen LogP contribution in [0.1, 0.15) is 49.4 Å². The van der Waals surface area contributed by atoms with Gasteiger partial charge in [0.15, 0.2) is 18.1 Å². The largest absolute Gasteiger partial charge is 0.493 e. The number of nitro benzene ring substituents is 1. The predicted octanol–water partition coefficient (Wildman–Crippen LogP) is 2.50. The molecule has 0 heterocycles. The fraction of sp³-hybridized carbons (Fsp3) is 0.526. The Hall–Kier alpha value is -3.35. The summed E-state index contributed by atoms with van der Waals surface area (Å²) in [4.78, 5) is 35.2. The summed E-state index contributed by atoms with van der Waals surface area (Å²) in [5.74, 6) is -1.45. The minimum atomic E-state index is -1.05. The van der Waals surface area contributed by atoms with Crippen LogP contribution < -0.4 is 14.8 Å². The number of esters is 1. The number of rotatable bonds is 8. The lowest BCUT2D eigenvalue weighted by molar-refractivity contribution is -0.385. The van der Waals surface area contributed by atoms with Crippen molar-refractivity contribution >= 4 is 17.6 Å². The van der Waals surface area contributed by atoms with Crippen LogP contribution in [0.4, 0.5) is 5.69 Å². The van der Waals surface area contributed by atoms with Gasteiger partial charge < -0.3 is 19.5 Å². The van der Waals surface area contributed by atoms with Crippen LogP contribution in [0.2, 0.25) is 0 Å². The Bertz CT molecular complexity index is 826. The lowest BCUT2D eigenvalue weighted by Gasteiger charge is -2.31. The van der Waals surface area contributed by atoms with Gasteiger partial charge in [0.25, 0.3) is 11.6 Å². The average Bonchev–Trinajstić information content (AvgIpc) is 2.72. The highest BCUT2D eigenvalue weighted by atomic mass is 16.6. The lowest BCUT2D eigenvalue weighted by atomic mass is 9.83. The zero-order valence-corrected chi connectivity index (χ0v) is 16.4. The van der Waals surface area contributed by atoms with Crippen LogP contribution in [0.15, 0.2) is 12.1 Å². The van der Waals surface area contributed by atoms with Gasteiger partial charge in [-0.25, -0.2) is 4.79 Å². The maximum Gasteiger partial charge on any atom is 0.345 e. The van der Waals surface area contributed by atoms with E-state index in [1.54, 1.807) is 6.92 Å². The van der Waals surface area contributed by atoms with E-state index >= 15 is 0 Å². The fourth-order valence-electron chi connectivity index (χ4n) is 3.22. The maximum atomic E-state index is 12.4. The molecule has 1 aromatic rings. The van der Waals surface area contributed by atoms with Crippen LogP contribution in [0, 0.1) is 21.4 Å². The Morgan fingerprint density at radius 2 is 1.97 bits per heavy atom. The van der Waals surface area contributed by atoms with Gasteiger partial charge in [-0.05, 0) is 19.8 Å². The number of benzene rings is 1. The highest BCUT2D eigenvalue weighted by molar-refractivity contribution is 5.96. The lowest BCUT2D eigenvalue weighted by Crippen LogP contribution is -2.50. The van der Waals surface area contributed by atoms with E-state index < -0.39 is 34.6 Å². The SMILES string of the molecule is CCOc1cc(C(=O)OCC(=O)NC2(C#N)CCCCC2)c([N+](=O)[O-])cc1OC. The summed E-state index contributed by atoms with van der Waals surface area (Å²) >= 11 is 0. The first-order valence-corrected chi connectivity index (χ1v) is 9.24. The van der Waals surface area contributed by atoms with E-state index in [9.17, 15) is 25.0 Å². The number of nitro groups is 1. The summed E-state index contributed by atoms with van der Waals surface area (Å²) in [6, 6.07) is 4.35. The molecule has 10 heteroatoms. The van der Waals surface area contributed by atoms with Crippen LogP contribution in [-0.4, -0.2) is 42.7 Å². The van der Waals surface area contributed by atoms with Crippen molar-refractivity contribution in [2.45, 2.75) is 44.6 Å². The molecule has 0 bridgehead atoms. The Kier molecular flexibility index (Phi) is 7.36. The molecule has 0 saturated heterocycles. The topological polar surface area (TPSA) is 141 Å². The molecule has 1 aromatic carbocycles. The number of carbonyl (C=O) groups excluding carboxylic acids is 2. The Morgan fingerprint density at radius 3 is 2.52 bits per heavy atom. The Morgan fingerprint density at radius 1 is 1.28 bits per heavy atom. The van der Waals surface area contributed by atoms with E-state index in [0.29, 0.717) is 12.8 Å². The summed E-state index contributed by atoms with van der Waals surface area (Å²) < 4.78 is 15.3. The first-order valence-electron chi connectivity index (χ1n) is 9.24. The number of amides is 1. The number of ether oxygens (including phenoxy) is 3. The van der Waals surface area contributed by atoms with Gasteiger partial charge in [-0.2, -0.15) is 5.26 Å². The molecule has 10 nitrogen and oxygen atoms in total. The number of nitriles is 1. The van der Waals surface area contributed by atoms with Crippen LogP contribution >= 0.6 is 0 Å². The molecular formula is C19H23N3O7. The van der Waals surface area contributed by atoms with E-state index in [2.05, 4.69) is 11.4 Å². The van der Waals surface area contributed by atoms with Crippen LogP contribution in [0.25, 0.3) is 0 Å². The molecule has 0 aromatic heterocycles. The number of carbonyl (C=O) groups is 2. The first-order chi connectivity index (χ1) is 13.9. The van der Waals surface area contributed by atoms with Gasteiger partial charge >= 0.3 is 5.97 Å². The van der Waals surface area contributed by atoms with Gasteiger partial charge in [-0.1, -0.05) is 19.3 Å². The molecule has 156 valence electrons. The predicted molar refractivity (Wildman–Crippen MR) is 101 cm³/mol. The highest BCUT2D eigenvalue weighted by Crippen LogP contribution is 2.35. The summed E-state index contributed by atoms with van der Waals surface area (Å²) in [5.41, 5.74) is -1.85. The molecule has 1 N–H and O–H groups in total. The second kappa shape index (κ2) is 9.73. The molecule has 0 unspecified atom stereocenters. The molecule has 29 heavy (non-hydrogen) atoms. The molecule has 1 amide bonds. The van der Waals surface area contributed by atoms with E-state index in [4.69, 9.17) is 14.2 Å². The molecule has 1 aliphatic rings. The van der Waals surface area contributed by atoms with Crippen molar-refractivity contribution in [2.24, 2.45) is 0 Å². The number of hydrogen-bond donors (Lipinski definition) is 1. The smallest absolute Gasteiger partial charge is 0.345 e. The molecule has 1 saturated carbocycles. The van der Waals surface area contributed by atoms with Gasteiger partial charge in [0.05, 0.1) is 30.8 Å². The van der Waals surface area contributed by atoms with Crippen LogP contribution in [-0.2, 0) is 9.53 Å². The van der Waals surface area contributed by atoms with E-state index in [1.807, 2.05) is 0 Å². The van der Waals surface area contributed by atoms with Crippen molar-refractivity contribution in [2.75, 3.05) is 20.3 Å². The molecular weight excluding hydrogens is 382 g/mol. The molecule has 0 aliphatic heterocycles. The van der Waals surface area contributed by atoms with E-state index in [1.165, 1.54) is 7.11 Å². The van der Waals surface area contributed by atoms with E-state index in [-0.39, 0.29) is 23.7 Å². The standard InChI is InChI=1S/C19H23N3O7/c1-3-28-16-9-13(14(22(25)26)10-15(16)27-2)18(24)29-11-17(23)21-19(12-20)7-5-4-6-8-19/h9-10H,3-8,11H2,1-2H3,(H,21,23). The molecule has 0 atom stereocenters.